The standard InChI is InChI=1S/C7H8N4.C2H6/c1-4-3-8-6-7(9-4)11-5(2)10-6;1-2/h3H,1-2H3,(H,8,9,10,11);1-2H3. The lowest BCUT2D eigenvalue weighted by Crippen LogP contribution is -1.84. The zero-order valence-electron chi connectivity index (χ0n) is 8.42. The van der Waals surface area contributed by atoms with Gasteiger partial charge in [0.1, 0.15) is 5.82 Å². The summed E-state index contributed by atoms with van der Waals surface area (Å²) in [6.45, 7) is 7.79. The number of fused-ring (bicyclic) bond motifs is 1. The lowest BCUT2D eigenvalue weighted by Gasteiger charge is -1.87. The van der Waals surface area contributed by atoms with E-state index in [1.54, 1.807) is 6.20 Å². The van der Waals surface area contributed by atoms with Crippen molar-refractivity contribution in [3.8, 4) is 0 Å². The minimum atomic E-state index is 0.688. The number of nitrogens with one attached hydrogen (secondary N) is 1. The zero-order chi connectivity index (χ0) is 9.84. The molecule has 2 aromatic heterocycles. The first-order valence-corrected chi connectivity index (χ1v) is 4.41. The minimum Gasteiger partial charge on any atom is -0.325 e. The van der Waals surface area contributed by atoms with Crippen LogP contribution in [0.1, 0.15) is 25.4 Å². The molecule has 0 saturated heterocycles. The fourth-order valence-corrected chi connectivity index (χ4v) is 0.995. The summed E-state index contributed by atoms with van der Waals surface area (Å²) in [5, 5.41) is 0. The highest BCUT2D eigenvalue weighted by Crippen LogP contribution is 2.04. The second kappa shape index (κ2) is 3.98. The number of imidazole rings is 1. The highest BCUT2D eigenvalue weighted by Gasteiger charge is 1.99. The van der Waals surface area contributed by atoms with Crippen molar-refractivity contribution in [2.24, 2.45) is 0 Å². The van der Waals surface area contributed by atoms with Gasteiger partial charge < -0.3 is 4.98 Å². The average molecular weight is 178 g/mol. The summed E-state index contributed by atoms with van der Waals surface area (Å²) < 4.78 is 0. The van der Waals surface area contributed by atoms with Gasteiger partial charge in [-0.1, -0.05) is 13.8 Å². The Morgan fingerprint density at radius 3 is 2.54 bits per heavy atom. The number of hydrogen-bond acceptors (Lipinski definition) is 3. The van der Waals surface area contributed by atoms with Crippen molar-refractivity contribution < 1.29 is 0 Å². The molecule has 0 bridgehead atoms. The quantitative estimate of drug-likeness (QED) is 0.671. The first-order valence-electron chi connectivity index (χ1n) is 4.41. The molecule has 1 N–H and O–H groups in total. The number of aromatic nitrogens is 4. The monoisotopic (exact) mass is 178 g/mol. The van der Waals surface area contributed by atoms with Crippen LogP contribution in [0, 0.1) is 13.8 Å². The maximum Gasteiger partial charge on any atom is 0.197 e. The summed E-state index contributed by atoms with van der Waals surface area (Å²) in [7, 11) is 0. The predicted molar refractivity (Wildman–Crippen MR) is 52.5 cm³/mol. The van der Waals surface area contributed by atoms with E-state index in [1.807, 2.05) is 27.7 Å². The van der Waals surface area contributed by atoms with Crippen LogP contribution in [-0.2, 0) is 0 Å². The largest absolute Gasteiger partial charge is 0.325 e. The van der Waals surface area contributed by atoms with Crippen LogP contribution in [0.2, 0.25) is 0 Å². The number of nitrogens with zero attached hydrogens (tertiary/aromatic N) is 3. The molecular weight excluding hydrogens is 164 g/mol. The van der Waals surface area contributed by atoms with Crippen molar-refractivity contribution in [1.82, 2.24) is 19.9 Å². The average Bonchev–Trinajstić information content (AvgIpc) is 2.48. The summed E-state index contributed by atoms with van der Waals surface area (Å²) in [6.07, 6.45) is 1.71. The first-order chi connectivity index (χ1) is 6.25. The molecule has 70 valence electrons. The maximum absolute atomic E-state index is 4.22. The van der Waals surface area contributed by atoms with Crippen molar-refractivity contribution in [2.75, 3.05) is 0 Å². The van der Waals surface area contributed by atoms with Gasteiger partial charge in [0.05, 0.1) is 11.9 Å². The first kappa shape index (κ1) is 9.64. The minimum absolute atomic E-state index is 0.688. The van der Waals surface area contributed by atoms with Crippen molar-refractivity contribution >= 4 is 11.3 Å². The number of H-pyrrole nitrogens is 1. The van der Waals surface area contributed by atoms with Crippen LogP contribution in [0.3, 0.4) is 0 Å². The van der Waals surface area contributed by atoms with Crippen LogP contribution in [0.4, 0.5) is 0 Å². The van der Waals surface area contributed by atoms with E-state index in [0.29, 0.717) is 5.65 Å². The second-order valence-electron chi connectivity index (χ2n) is 2.51. The normalized spacial score (nSPS) is 9.54. The SMILES string of the molecule is CC.Cc1cnc2nc(C)[nH]c2n1. The Hall–Kier alpha value is -1.45. The molecule has 0 aliphatic heterocycles. The lowest BCUT2D eigenvalue weighted by atomic mass is 10.5. The third kappa shape index (κ3) is 2.02. The van der Waals surface area contributed by atoms with Gasteiger partial charge in [-0.05, 0) is 13.8 Å². The molecule has 0 atom stereocenters. The molecule has 4 nitrogen and oxygen atoms in total. The van der Waals surface area contributed by atoms with E-state index in [9.17, 15) is 0 Å². The van der Waals surface area contributed by atoms with Crippen molar-refractivity contribution in [3.05, 3.63) is 17.7 Å². The molecule has 2 rings (SSSR count). The molecule has 0 saturated carbocycles. The maximum atomic E-state index is 4.22. The van der Waals surface area contributed by atoms with E-state index in [0.717, 1.165) is 17.2 Å². The molecule has 0 amide bonds. The number of hydrogen-bond donors (Lipinski definition) is 1. The molecule has 0 spiro atoms. The van der Waals surface area contributed by atoms with Gasteiger partial charge in [0.15, 0.2) is 11.3 Å². The third-order valence-corrected chi connectivity index (χ3v) is 1.45. The van der Waals surface area contributed by atoms with Gasteiger partial charge in [0.25, 0.3) is 0 Å². The van der Waals surface area contributed by atoms with Gasteiger partial charge in [-0.25, -0.2) is 15.0 Å². The molecule has 2 heterocycles. The topological polar surface area (TPSA) is 54.5 Å². The van der Waals surface area contributed by atoms with Crippen LogP contribution in [0.5, 0.6) is 0 Å². The summed E-state index contributed by atoms with van der Waals surface area (Å²) in [5.41, 5.74) is 2.36. The van der Waals surface area contributed by atoms with Crippen LogP contribution < -0.4 is 0 Å². The zero-order valence-corrected chi connectivity index (χ0v) is 8.42. The highest BCUT2D eigenvalue weighted by atomic mass is 15.0. The van der Waals surface area contributed by atoms with E-state index in [1.165, 1.54) is 0 Å². The van der Waals surface area contributed by atoms with Gasteiger partial charge in [0.2, 0.25) is 0 Å². The number of aromatic amines is 1. The molecule has 0 fully saturated rings. The van der Waals surface area contributed by atoms with Crippen molar-refractivity contribution in [1.29, 1.82) is 0 Å². The molecule has 0 aliphatic carbocycles. The molecule has 0 aromatic carbocycles. The Labute approximate surface area is 77.4 Å². The molecular formula is C9H14N4. The fourth-order valence-electron chi connectivity index (χ4n) is 0.995. The highest BCUT2D eigenvalue weighted by molar-refractivity contribution is 5.64. The summed E-state index contributed by atoms with van der Waals surface area (Å²) in [6, 6.07) is 0. The number of rotatable bonds is 0. The van der Waals surface area contributed by atoms with Crippen molar-refractivity contribution in [3.63, 3.8) is 0 Å². The molecule has 4 heteroatoms. The molecule has 13 heavy (non-hydrogen) atoms. The van der Waals surface area contributed by atoms with E-state index in [4.69, 9.17) is 0 Å². The van der Waals surface area contributed by atoms with E-state index < -0.39 is 0 Å². The molecule has 0 unspecified atom stereocenters. The Bertz CT molecular complexity index is 391. The third-order valence-electron chi connectivity index (χ3n) is 1.45. The Morgan fingerprint density at radius 2 is 1.85 bits per heavy atom. The Morgan fingerprint density at radius 1 is 1.15 bits per heavy atom. The number of aryl methyl sites for hydroxylation is 2. The molecule has 0 aliphatic rings. The van der Waals surface area contributed by atoms with E-state index in [-0.39, 0.29) is 0 Å². The Kier molecular flexibility index (Phi) is 2.95. The van der Waals surface area contributed by atoms with Gasteiger partial charge in [0, 0.05) is 0 Å². The summed E-state index contributed by atoms with van der Waals surface area (Å²) in [5.74, 6) is 0.852. The van der Waals surface area contributed by atoms with E-state index in [2.05, 4.69) is 19.9 Å². The fraction of sp³-hybridized carbons (Fsp3) is 0.444. The molecule has 2 aromatic rings. The smallest absolute Gasteiger partial charge is 0.197 e. The summed E-state index contributed by atoms with van der Waals surface area (Å²) in [4.78, 5) is 15.5. The molecule has 0 radical (unpaired) electrons. The Balaban J connectivity index is 0.000000396. The summed E-state index contributed by atoms with van der Waals surface area (Å²) >= 11 is 0. The van der Waals surface area contributed by atoms with Gasteiger partial charge in [-0.3, -0.25) is 0 Å². The van der Waals surface area contributed by atoms with Crippen LogP contribution in [0.25, 0.3) is 11.3 Å². The second-order valence-corrected chi connectivity index (χ2v) is 2.51. The van der Waals surface area contributed by atoms with Crippen LogP contribution in [-0.4, -0.2) is 19.9 Å². The van der Waals surface area contributed by atoms with Crippen molar-refractivity contribution in [2.45, 2.75) is 27.7 Å². The van der Waals surface area contributed by atoms with Crippen LogP contribution in [0.15, 0.2) is 6.20 Å². The predicted octanol–water partition coefficient (Wildman–Crippen LogP) is 2.00. The lowest BCUT2D eigenvalue weighted by molar-refractivity contribution is 1.15. The van der Waals surface area contributed by atoms with Crippen LogP contribution >= 0.6 is 0 Å². The van der Waals surface area contributed by atoms with Gasteiger partial charge in [-0.2, -0.15) is 0 Å². The van der Waals surface area contributed by atoms with Gasteiger partial charge >= 0.3 is 0 Å². The van der Waals surface area contributed by atoms with E-state index >= 15 is 0 Å². The van der Waals surface area contributed by atoms with Gasteiger partial charge in [-0.15, -0.1) is 0 Å².